The predicted molar refractivity (Wildman–Crippen MR) is 114 cm³/mol. The maximum atomic E-state index is 14.0. The van der Waals surface area contributed by atoms with Gasteiger partial charge in [0.25, 0.3) is 5.91 Å². The van der Waals surface area contributed by atoms with Crippen LogP contribution in [-0.4, -0.2) is 84.5 Å². The van der Waals surface area contributed by atoms with E-state index in [9.17, 15) is 22.4 Å². The zero-order valence-electron chi connectivity index (χ0n) is 17.0. The maximum Gasteiger partial charge on any atom is 0.270 e. The molecule has 3 aliphatic heterocycles. The normalized spacial score (nSPS) is 24.4. The minimum absolute atomic E-state index is 0.0359. The third kappa shape index (κ3) is 4.91. The summed E-state index contributed by atoms with van der Waals surface area (Å²) >= 11 is 6.11. The molecule has 1 aromatic carbocycles. The van der Waals surface area contributed by atoms with Crippen molar-refractivity contribution in [3.8, 4) is 0 Å². The van der Waals surface area contributed by atoms with E-state index in [0.29, 0.717) is 49.7 Å². The number of piperazine rings is 1. The predicted octanol–water partition coefficient (Wildman–Crippen LogP) is 1.29. The van der Waals surface area contributed by atoms with Crippen molar-refractivity contribution in [2.24, 2.45) is 5.10 Å². The molecule has 0 saturated carbocycles. The first-order valence-corrected chi connectivity index (χ1v) is 12.5. The molecule has 0 aromatic heterocycles. The van der Waals surface area contributed by atoms with Crippen molar-refractivity contribution in [3.05, 3.63) is 34.6 Å². The van der Waals surface area contributed by atoms with Gasteiger partial charge in [-0.3, -0.25) is 14.5 Å². The van der Waals surface area contributed by atoms with Crippen molar-refractivity contribution in [1.82, 2.24) is 14.8 Å². The standard InChI is InChI=1S/C20H24ClFN4O4S/c21-16-2-1-3-17(22)15(16)12-24-7-9-25(10-8-24)20(28)18-4-5-19(27)26(23-18)14-6-11-31(29,30)13-14/h1-3,14H,4-13H2. The van der Waals surface area contributed by atoms with E-state index in [1.807, 2.05) is 4.90 Å². The minimum atomic E-state index is -3.16. The molecule has 2 fully saturated rings. The van der Waals surface area contributed by atoms with Gasteiger partial charge in [-0.05, 0) is 18.6 Å². The van der Waals surface area contributed by atoms with Gasteiger partial charge in [0.15, 0.2) is 9.84 Å². The number of hydrogen-bond donors (Lipinski definition) is 0. The first-order valence-electron chi connectivity index (χ1n) is 10.3. The van der Waals surface area contributed by atoms with Gasteiger partial charge < -0.3 is 4.90 Å². The van der Waals surface area contributed by atoms with E-state index in [0.717, 1.165) is 0 Å². The lowest BCUT2D eigenvalue weighted by Gasteiger charge is -2.36. The van der Waals surface area contributed by atoms with Crippen LogP contribution in [0.15, 0.2) is 23.3 Å². The number of hydrogen-bond acceptors (Lipinski definition) is 6. The van der Waals surface area contributed by atoms with Crippen LogP contribution in [0, 0.1) is 5.82 Å². The molecule has 1 unspecified atom stereocenters. The Morgan fingerprint density at radius 2 is 1.94 bits per heavy atom. The lowest BCUT2D eigenvalue weighted by Crippen LogP contribution is -2.51. The molecule has 1 atom stereocenters. The maximum absolute atomic E-state index is 14.0. The van der Waals surface area contributed by atoms with Gasteiger partial charge in [0.05, 0.1) is 17.5 Å². The summed E-state index contributed by atoms with van der Waals surface area (Å²) in [7, 11) is -3.16. The molecule has 168 valence electrons. The second-order valence-electron chi connectivity index (χ2n) is 8.11. The van der Waals surface area contributed by atoms with Gasteiger partial charge in [-0.25, -0.2) is 17.8 Å². The second kappa shape index (κ2) is 8.84. The Balaban J connectivity index is 1.38. The van der Waals surface area contributed by atoms with Crippen molar-refractivity contribution < 1.29 is 22.4 Å². The Kier molecular flexibility index (Phi) is 6.32. The van der Waals surface area contributed by atoms with Crippen molar-refractivity contribution in [2.75, 3.05) is 37.7 Å². The topological polar surface area (TPSA) is 90.4 Å². The fourth-order valence-corrected chi connectivity index (χ4v) is 6.09. The minimum Gasteiger partial charge on any atom is -0.335 e. The van der Waals surface area contributed by atoms with Gasteiger partial charge in [0.2, 0.25) is 5.91 Å². The Morgan fingerprint density at radius 1 is 1.19 bits per heavy atom. The summed E-state index contributed by atoms with van der Waals surface area (Å²) < 4.78 is 37.6. The molecular formula is C20H24ClFN4O4S. The van der Waals surface area contributed by atoms with Crippen LogP contribution in [0.4, 0.5) is 4.39 Å². The Hall–Kier alpha value is -2.04. The zero-order valence-corrected chi connectivity index (χ0v) is 18.5. The number of rotatable bonds is 4. The van der Waals surface area contributed by atoms with E-state index >= 15 is 0 Å². The van der Waals surface area contributed by atoms with Gasteiger partial charge in [-0.1, -0.05) is 17.7 Å². The van der Waals surface area contributed by atoms with Crippen LogP contribution in [0.3, 0.4) is 0 Å². The summed E-state index contributed by atoms with van der Waals surface area (Å²) in [5, 5.41) is 5.85. The van der Waals surface area contributed by atoms with Gasteiger partial charge in [-0.15, -0.1) is 0 Å². The van der Waals surface area contributed by atoms with Gasteiger partial charge in [-0.2, -0.15) is 5.10 Å². The molecule has 31 heavy (non-hydrogen) atoms. The van der Waals surface area contributed by atoms with E-state index in [1.165, 1.54) is 11.1 Å². The summed E-state index contributed by atoms with van der Waals surface area (Å²) in [6, 6.07) is 4.11. The third-order valence-electron chi connectivity index (χ3n) is 5.96. The van der Waals surface area contributed by atoms with Crippen LogP contribution in [-0.2, 0) is 26.0 Å². The van der Waals surface area contributed by atoms with Crippen LogP contribution >= 0.6 is 11.6 Å². The summed E-state index contributed by atoms with van der Waals surface area (Å²) in [5.41, 5.74) is 0.732. The number of sulfone groups is 1. The number of carbonyl (C=O) groups is 2. The number of nitrogens with zero attached hydrogens (tertiary/aromatic N) is 4. The van der Waals surface area contributed by atoms with E-state index < -0.39 is 15.9 Å². The lowest BCUT2D eigenvalue weighted by atomic mass is 10.1. The summed E-state index contributed by atoms with van der Waals surface area (Å²) in [6.07, 6.45) is 0.738. The quantitative estimate of drug-likeness (QED) is 0.661. The highest BCUT2D eigenvalue weighted by Gasteiger charge is 2.38. The lowest BCUT2D eigenvalue weighted by molar-refractivity contribution is -0.134. The molecular weight excluding hydrogens is 447 g/mol. The number of hydrazone groups is 1. The van der Waals surface area contributed by atoms with Crippen molar-refractivity contribution in [3.63, 3.8) is 0 Å². The molecule has 1 aromatic rings. The van der Waals surface area contributed by atoms with Crippen LogP contribution in [0.5, 0.6) is 0 Å². The van der Waals surface area contributed by atoms with Crippen LogP contribution in [0.25, 0.3) is 0 Å². The Morgan fingerprint density at radius 3 is 2.58 bits per heavy atom. The second-order valence-corrected chi connectivity index (χ2v) is 10.7. The molecule has 3 aliphatic rings. The Labute approximate surface area is 185 Å². The van der Waals surface area contributed by atoms with Gasteiger partial charge in [0.1, 0.15) is 11.5 Å². The fourth-order valence-electron chi connectivity index (χ4n) is 4.18. The first-order chi connectivity index (χ1) is 14.7. The molecule has 2 saturated heterocycles. The van der Waals surface area contributed by atoms with Crippen molar-refractivity contribution in [2.45, 2.75) is 31.8 Å². The average Bonchev–Trinajstić information content (AvgIpc) is 3.10. The number of benzene rings is 1. The summed E-state index contributed by atoms with van der Waals surface area (Å²) in [5.74, 6) is -0.900. The smallest absolute Gasteiger partial charge is 0.270 e. The average molecular weight is 471 g/mol. The van der Waals surface area contributed by atoms with Crippen molar-refractivity contribution in [1.29, 1.82) is 0 Å². The fraction of sp³-hybridized carbons (Fsp3) is 0.550. The van der Waals surface area contributed by atoms with Gasteiger partial charge >= 0.3 is 0 Å². The van der Waals surface area contributed by atoms with Gasteiger partial charge in [0, 0.05) is 56.2 Å². The zero-order chi connectivity index (χ0) is 22.2. The number of amides is 2. The molecule has 0 bridgehead atoms. The van der Waals surface area contributed by atoms with Crippen LogP contribution in [0.1, 0.15) is 24.8 Å². The van der Waals surface area contributed by atoms with Crippen LogP contribution < -0.4 is 0 Å². The largest absolute Gasteiger partial charge is 0.335 e. The van der Waals surface area contributed by atoms with Crippen molar-refractivity contribution >= 4 is 39.0 Å². The summed E-state index contributed by atoms with van der Waals surface area (Å²) in [4.78, 5) is 28.9. The first kappa shape index (κ1) is 22.2. The highest BCUT2D eigenvalue weighted by atomic mass is 35.5. The third-order valence-corrected chi connectivity index (χ3v) is 8.07. The molecule has 11 heteroatoms. The molecule has 0 N–H and O–H groups in total. The molecule has 0 aliphatic carbocycles. The molecule has 3 heterocycles. The van der Waals surface area contributed by atoms with Crippen LogP contribution in [0.2, 0.25) is 5.02 Å². The molecule has 2 amide bonds. The molecule has 0 radical (unpaired) electrons. The van der Waals surface area contributed by atoms with E-state index in [-0.39, 0.29) is 47.7 Å². The monoisotopic (exact) mass is 470 g/mol. The highest BCUT2D eigenvalue weighted by molar-refractivity contribution is 7.91. The SMILES string of the molecule is O=C(C1=NN(C2CCS(=O)(=O)C2)C(=O)CC1)N1CCN(Cc2c(F)cccc2Cl)CC1. The highest BCUT2D eigenvalue weighted by Crippen LogP contribution is 2.24. The van der Waals surface area contributed by atoms with E-state index in [2.05, 4.69) is 5.10 Å². The number of halogens is 2. The molecule has 8 nitrogen and oxygen atoms in total. The molecule has 0 spiro atoms. The summed E-state index contributed by atoms with van der Waals surface area (Å²) in [6.45, 7) is 2.40. The van der Waals surface area contributed by atoms with E-state index in [4.69, 9.17) is 11.6 Å². The van der Waals surface area contributed by atoms with E-state index in [1.54, 1.807) is 17.0 Å². The Bertz CT molecular complexity index is 1000. The number of carbonyl (C=O) groups excluding carboxylic acids is 2. The molecule has 4 rings (SSSR count).